The summed E-state index contributed by atoms with van der Waals surface area (Å²) in [5.74, 6) is -1.94. The van der Waals surface area contributed by atoms with Gasteiger partial charge in [-0.3, -0.25) is 14.6 Å². The van der Waals surface area contributed by atoms with Gasteiger partial charge in [-0.1, -0.05) is 48.5 Å². The van der Waals surface area contributed by atoms with Gasteiger partial charge in [0, 0.05) is 30.5 Å². The molecule has 1 aromatic heterocycles. The number of benzene rings is 2. The number of nitrogens with one attached hydrogen (secondary N) is 1. The molecule has 2 amide bonds. The van der Waals surface area contributed by atoms with Crippen LogP contribution in [0.1, 0.15) is 21.9 Å². The number of alkyl carbamates (subject to hydrolysis) is 1. The molecule has 0 saturated carbocycles. The van der Waals surface area contributed by atoms with Crippen molar-refractivity contribution in [3.05, 3.63) is 76.2 Å². The van der Waals surface area contributed by atoms with E-state index in [2.05, 4.69) is 10.3 Å². The lowest BCUT2D eigenvalue weighted by atomic mass is 9.98. The van der Waals surface area contributed by atoms with Crippen molar-refractivity contribution in [1.82, 2.24) is 15.4 Å². The molecular formula is C24H23N3O6S. The summed E-state index contributed by atoms with van der Waals surface area (Å²) in [5.41, 5.74) is 6.01. The van der Waals surface area contributed by atoms with Crippen LogP contribution in [0.15, 0.2) is 60.2 Å². The van der Waals surface area contributed by atoms with Gasteiger partial charge in [-0.05, 0) is 22.3 Å². The standard InChI is InChI=1S/C24H23N3O6S/c1-27(33-13-22(28)29)23(30)21(10-15-11-25-14-34-15)26-24(31)32-12-20-18-8-4-2-6-16(18)17-7-3-5-9-19(17)20/h2-9,11,14,20-21H,10,12-13H2,1H3,(H,26,31)(H,28,29). The molecule has 0 bridgehead atoms. The summed E-state index contributed by atoms with van der Waals surface area (Å²) in [7, 11) is 1.30. The molecule has 1 aliphatic rings. The predicted octanol–water partition coefficient (Wildman–Crippen LogP) is 3.07. The van der Waals surface area contributed by atoms with E-state index >= 15 is 0 Å². The Morgan fingerprint density at radius 3 is 2.35 bits per heavy atom. The third kappa shape index (κ3) is 5.24. The Morgan fingerprint density at radius 1 is 1.12 bits per heavy atom. The number of aliphatic carboxylic acids is 1. The van der Waals surface area contributed by atoms with Gasteiger partial charge in [0.25, 0.3) is 5.91 Å². The van der Waals surface area contributed by atoms with E-state index in [-0.39, 0.29) is 18.9 Å². The van der Waals surface area contributed by atoms with Crippen molar-refractivity contribution >= 4 is 29.3 Å². The maximum absolute atomic E-state index is 12.8. The van der Waals surface area contributed by atoms with Crippen molar-refractivity contribution in [3.63, 3.8) is 0 Å². The Labute approximate surface area is 199 Å². The zero-order valence-corrected chi connectivity index (χ0v) is 19.2. The van der Waals surface area contributed by atoms with Crippen molar-refractivity contribution in [1.29, 1.82) is 0 Å². The average Bonchev–Trinajstić information content (AvgIpc) is 3.46. The van der Waals surface area contributed by atoms with Crippen LogP contribution in [0.3, 0.4) is 0 Å². The summed E-state index contributed by atoms with van der Waals surface area (Å²) >= 11 is 1.34. The molecular weight excluding hydrogens is 458 g/mol. The van der Waals surface area contributed by atoms with Gasteiger partial charge in [0.2, 0.25) is 0 Å². The van der Waals surface area contributed by atoms with Crippen molar-refractivity contribution in [2.45, 2.75) is 18.4 Å². The van der Waals surface area contributed by atoms with Gasteiger partial charge in [0.1, 0.15) is 12.6 Å². The van der Waals surface area contributed by atoms with Gasteiger partial charge in [0.15, 0.2) is 6.61 Å². The van der Waals surface area contributed by atoms with Gasteiger partial charge >= 0.3 is 12.1 Å². The minimum absolute atomic E-state index is 0.104. The van der Waals surface area contributed by atoms with Gasteiger partial charge in [-0.25, -0.2) is 14.7 Å². The van der Waals surface area contributed by atoms with Crippen LogP contribution >= 0.6 is 11.3 Å². The number of carboxylic acids is 1. The quantitative estimate of drug-likeness (QED) is 0.451. The highest BCUT2D eigenvalue weighted by molar-refractivity contribution is 7.09. The number of hydroxylamine groups is 2. The van der Waals surface area contributed by atoms with Crippen LogP contribution in [0.2, 0.25) is 0 Å². The maximum Gasteiger partial charge on any atom is 0.407 e. The first-order chi connectivity index (χ1) is 16.4. The number of hydrogen-bond acceptors (Lipinski definition) is 7. The molecule has 1 heterocycles. The van der Waals surface area contributed by atoms with Crippen LogP contribution in [-0.2, 0) is 25.6 Å². The first kappa shape index (κ1) is 23.4. The summed E-state index contributed by atoms with van der Waals surface area (Å²) in [6.45, 7) is -0.576. The number of likely N-dealkylation sites (N-methyl/N-ethyl adjacent to an activating group) is 1. The number of hydrogen-bond donors (Lipinski definition) is 2. The van der Waals surface area contributed by atoms with Crippen molar-refractivity contribution in [2.24, 2.45) is 0 Å². The monoisotopic (exact) mass is 481 g/mol. The summed E-state index contributed by atoms with van der Waals surface area (Å²) in [6.07, 6.45) is 1.01. The molecule has 0 fully saturated rings. The fraction of sp³-hybridized carbons (Fsp3) is 0.250. The molecule has 176 valence electrons. The number of amides is 2. The van der Waals surface area contributed by atoms with Gasteiger partial charge in [-0.15, -0.1) is 11.3 Å². The Hall–Kier alpha value is -3.76. The molecule has 3 aromatic rings. The molecule has 10 heteroatoms. The second-order valence-corrected chi connectivity index (χ2v) is 8.67. The first-order valence-electron chi connectivity index (χ1n) is 10.5. The van der Waals surface area contributed by atoms with E-state index in [0.717, 1.165) is 32.2 Å². The lowest BCUT2D eigenvalue weighted by Crippen LogP contribution is -2.49. The SMILES string of the molecule is CN(OCC(=O)O)C(=O)C(Cc1cncs1)NC(=O)OCC1c2ccccc2-c2ccccc21. The van der Waals surface area contributed by atoms with Crippen LogP contribution in [0, 0.1) is 0 Å². The second kappa shape index (κ2) is 10.4. The minimum atomic E-state index is -1.22. The molecule has 2 aromatic carbocycles. The number of carbonyl (C=O) groups is 3. The molecule has 0 spiro atoms. The van der Waals surface area contributed by atoms with Crippen LogP contribution in [-0.4, -0.2) is 59.4 Å². The highest BCUT2D eigenvalue weighted by Crippen LogP contribution is 2.44. The van der Waals surface area contributed by atoms with Crippen LogP contribution < -0.4 is 5.32 Å². The average molecular weight is 482 g/mol. The van der Waals surface area contributed by atoms with Gasteiger partial charge < -0.3 is 15.2 Å². The van der Waals surface area contributed by atoms with Crippen LogP contribution in [0.5, 0.6) is 0 Å². The molecule has 0 saturated heterocycles. The number of rotatable bonds is 9. The predicted molar refractivity (Wildman–Crippen MR) is 124 cm³/mol. The first-order valence-corrected chi connectivity index (χ1v) is 11.4. The highest BCUT2D eigenvalue weighted by Gasteiger charge is 2.31. The van der Waals surface area contributed by atoms with Crippen LogP contribution in [0.25, 0.3) is 11.1 Å². The third-order valence-corrected chi connectivity index (χ3v) is 6.32. The summed E-state index contributed by atoms with van der Waals surface area (Å²) < 4.78 is 5.55. The second-order valence-electron chi connectivity index (χ2n) is 7.70. The largest absolute Gasteiger partial charge is 0.479 e. The Kier molecular flexibility index (Phi) is 7.19. The lowest BCUT2D eigenvalue weighted by Gasteiger charge is -2.23. The fourth-order valence-corrected chi connectivity index (χ4v) is 4.60. The van der Waals surface area contributed by atoms with E-state index in [1.165, 1.54) is 18.4 Å². The number of fused-ring (bicyclic) bond motifs is 3. The van der Waals surface area contributed by atoms with E-state index < -0.39 is 30.6 Å². The number of nitrogens with zero attached hydrogens (tertiary/aromatic N) is 2. The molecule has 4 rings (SSSR count). The Morgan fingerprint density at radius 2 is 1.76 bits per heavy atom. The molecule has 0 aliphatic heterocycles. The van der Waals surface area contributed by atoms with Gasteiger partial charge in [-0.2, -0.15) is 0 Å². The highest BCUT2D eigenvalue weighted by atomic mass is 32.1. The summed E-state index contributed by atoms with van der Waals surface area (Å²) in [4.78, 5) is 46.0. The molecule has 1 aliphatic carbocycles. The number of ether oxygens (including phenoxy) is 1. The smallest absolute Gasteiger partial charge is 0.407 e. The maximum atomic E-state index is 12.8. The molecule has 0 radical (unpaired) electrons. The Balaban J connectivity index is 1.44. The van der Waals surface area contributed by atoms with Crippen molar-refractivity contribution < 1.29 is 29.1 Å². The van der Waals surface area contributed by atoms with E-state index in [1.54, 1.807) is 11.7 Å². The summed E-state index contributed by atoms with van der Waals surface area (Å²) in [5, 5.41) is 12.2. The number of carbonyl (C=O) groups excluding carboxylic acids is 2. The molecule has 9 nitrogen and oxygen atoms in total. The molecule has 1 atom stereocenters. The molecule has 1 unspecified atom stereocenters. The fourth-order valence-electron chi connectivity index (χ4n) is 3.96. The lowest BCUT2D eigenvalue weighted by molar-refractivity contribution is -0.187. The number of thiazole rings is 1. The normalized spacial score (nSPS) is 13.0. The third-order valence-electron chi connectivity index (χ3n) is 5.51. The van der Waals surface area contributed by atoms with Crippen molar-refractivity contribution in [3.8, 4) is 11.1 Å². The minimum Gasteiger partial charge on any atom is -0.479 e. The van der Waals surface area contributed by atoms with E-state index in [1.807, 2.05) is 48.5 Å². The van der Waals surface area contributed by atoms with E-state index in [4.69, 9.17) is 14.7 Å². The zero-order valence-electron chi connectivity index (χ0n) is 18.3. The molecule has 34 heavy (non-hydrogen) atoms. The number of carboxylic acid groups (broad SMARTS) is 1. The van der Waals surface area contributed by atoms with Crippen molar-refractivity contribution in [2.75, 3.05) is 20.3 Å². The van der Waals surface area contributed by atoms with E-state index in [0.29, 0.717) is 0 Å². The zero-order chi connectivity index (χ0) is 24.1. The van der Waals surface area contributed by atoms with Crippen LogP contribution in [0.4, 0.5) is 4.79 Å². The summed E-state index contributed by atoms with van der Waals surface area (Å²) in [6, 6.07) is 15.0. The Bertz CT molecular complexity index is 1140. The topological polar surface area (TPSA) is 118 Å². The van der Waals surface area contributed by atoms with Gasteiger partial charge in [0.05, 0.1) is 5.51 Å². The molecule has 2 N–H and O–H groups in total. The number of aromatic nitrogens is 1. The van der Waals surface area contributed by atoms with E-state index in [9.17, 15) is 14.4 Å².